The quantitative estimate of drug-likeness (QED) is 0.556. The van der Waals surface area contributed by atoms with Gasteiger partial charge in [-0.15, -0.1) is 0 Å². The molecule has 0 spiro atoms. The number of hydrogen-bond donors (Lipinski definition) is 3. The van der Waals surface area contributed by atoms with E-state index in [1.54, 1.807) is 0 Å². The second-order valence-electron chi connectivity index (χ2n) is 7.17. The van der Waals surface area contributed by atoms with E-state index in [0.29, 0.717) is 11.0 Å². The normalized spacial score (nSPS) is 19.7. The molecule has 2 aromatic carbocycles. The average Bonchev–Trinajstić information content (AvgIpc) is 2.73. The van der Waals surface area contributed by atoms with Crippen molar-refractivity contribution in [1.82, 2.24) is 4.90 Å². The summed E-state index contributed by atoms with van der Waals surface area (Å²) in [5, 5.41) is 23.2. The van der Waals surface area contributed by atoms with Crippen LogP contribution in [0.25, 0.3) is 0 Å². The second kappa shape index (κ2) is 9.46. The summed E-state index contributed by atoms with van der Waals surface area (Å²) in [6.07, 6.45) is -9.05. The molecule has 0 fully saturated rings. The lowest BCUT2D eigenvalue weighted by Crippen LogP contribution is -2.56. The van der Waals surface area contributed by atoms with Crippen molar-refractivity contribution in [3.8, 4) is 5.75 Å². The standard InChI is InChI=1S/C21H20ClF4N3O4/c1-11(33-16-6-4-3-5-14(16)23)19(31)27-15-9-12(7-8-13(15)22)29-18(30)10-17(21(24,25)26)28(2)20(29)32/h3-11,18,20,30,32H,1-2H3,(H,27,31). The molecular weight excluding hydrogens is 470 g/mol. The smallest absolute Gasteiger partial charge is 0.431 e. The van der Waals surface area contributed by atoms with Crippen LogP contribution in [0.15, 0.2) is 54.2 Å². The van der Waals surface area contributed by atoms with Gasteiger partial charge in [0.15, 0.2) is 23.9 Å². The van der Waals surface area contributed by atoms with Crippen LogP contribution in [0.5, 0.6) is 5.75 Å². The van der Waals surface area contributed by atoms with Crippen LogP contribution < -0.4 is 15.0 Å². The highest BCUT2D eigenvalue weighted by molar-refractivity contribution is 6.33. The highest BCUT2D eigenvalue weighted by Crippen LogP contribution is 2.36. The Morgan fingerprint density at radius 2 is 1.88 bits per heavy atom. The van der Waals surface area contributed by atoms with Crippen molar-refractivity contribution in [2.24, 2.45) is 0 Å². The van der Waals surface area contributed by atoms with Crippen LogP contribution in [-0.2, 0) is 4.79 Å². The first-order valence-electron chi connectivity index (χ1n) is 9.58. The number of aliphatic hydroxyl groups excluding tert-OH is 2. The highest BCUT2D eigenvalue weighted by Gasteiger charge is 2.44. The number of rotatable bonds is 5. The Morgan fingerprint density at radius 3 is 2.52 bits per heavy atom. The molecule has 0 aliphatic carbocycles. The number of carbonyl (C=O) groups is 1. The van der Waals surface area contributed by atoms with Crippen LogP contribution >= 0.6 is 11.6 Å². The zero-order valence-corrected chi connectivity index (χ0v) is 18.1. The Balaban J connectivity index is 1.81. The van der Waals surface area contributed by atoms with Crippen LogP contribution in [0.2, 0.25) is 5.02 Å². The van der Waals surface area contributed by atoms with Crippen molar-refractivity contribution in [2.75, 3.05) is 17.3 Å². The zero-order valence-electron chi connectivity index (χ0n) is 17.3. The molecule has 3 atom stereocenters. The van der Waals surface area contributed by atoms with Gasteiger partial charge in [0.1, 0.15) is 5.70 Å². The molecule has 7 nitrogen and oxygen atoms in total. The fraction of sp³-hybridized carbons (Fsp3) is 0.286. The first-order chi connectivity index (χ1) is 15.4. The number of para-hydroxylation sites is 1. The minimum Gasteiger partial charge on any atom is -0.478 e. The van der Waals surface area contributed by atoms with Gasteiger partial charge in [0.2, 0.25) is 6.35 Å². The molecule has 1 aliphatic heterocycles. The summed E-state index contributed by atoms with van der Waals surface area (Å²) < 4.78 is 58.5. The van der Waals surface area contributed by atoms with Crippen LogP contribution in [0.3, 0.4) is 0 Å². The summed E-state index contributed by atoms with van der Waals surface area (Å²) in [6.45, 7) is 1.39. The lowest BCUT2D eigenvalue weighted by Gasteiger charge is -2.43. The third-order valence-electron chi connectivity index (χ3n) is 4.87. The maximum absolute atomic E-state index is 13.8. The van der Waals surface area contributed by atoms with Crippen LogP contribution in [0.4, 0.5) is 28.9 Å². The molecule has 3 N–H and O–H groups in total. The van der Waals surface area contributed by atoms with Gasteiger partial charge in [-0.25, -0.2) is 4.39 Å². The summed E-state index contributed by atoms with van der Waals surface area (Å²) in [5.74, 6) is -1.47. The molecule has 12 heteroatoms. The summed E-state index contributed by atoms with van der Waals surface area (Å²) >= 11 is 6.12. The molecule has 0 radical (unpaired) electrons. The lowest BCUT2D eigenvalue weighted by molar-refractivity contribution is -0.133. The van der Waals surface area contributed by atoms with Crippen molar-refractivity contribution in [2.45, 2.75) is 31.8 Å². The van der Waals surface area contributed by atoms with Gasteiger partial charge in [0.25, 0.3) is 5.91 Å². The lowest BCUT2D eigenvalue weighted by atomic mass is 10.2. The predicted octanol–water partition coefficient (Wildman–Crippen LogP) is 3.68. The van der Waals surface area contributed by atoms with Gasteiger partial charge in [-0.3, -0.25) is 9.69 Å². The van der Waals surface area contributed by atoms with E-state index >= 15 is 0 Å². The van der Waals surface area contributed by atoms with E-state index in [4.69, 9.17) is 16.3 Å². The third-order valence-corrected chi connectivity index (χ3v) is 5.20. The number of hydrogen-bond acceptors (Lipinski definition) is 6. The average molecular weight is 490 g/mol. The van der Waals surface area contributed by atoms with E-state index in [0.717, 1.165) is 11.9 Å². The number of anilines is 2. The van der Waals surface area contributed by atoms with Crippen molar-refractivity contribution in [3.63, 3.8) is 0 Å². The Labute approximate surface area is 191 Å². The largest absolute Gasteiger partial charge is 0.478 e. The number of amides is 1. The van der Waals surface area contributed by atoms with E-state index in [1.807, 2.05) is 0 Å². The zero-order chi connectivity index (χ0) is 24.5. The SMILES string of the molecule is CC(Oc1ccccc1F)C(=O)Nc1cc(N2C(O)C=C(C(F)(F)F)N(C)C2O)ccc1Cl. The topological polar surface area (TPSA) is 85.3 Å². The highest BCUT2D eigenvalue weighted by atomic mass is 35.5. The predicted molar refractivity (Wildman–Crippen MR) is 113 cm³/mol. The molecule has 0 saturated heterocycles. The first kappa shape index (κ1) is 24.6. The maximum atomic E-state index is 13.8. The molecule has 3 rings (SSSR count). The summed E-state index contributed by atoms with van der Waals surface area (Å²) in [6, 6.07) is 9.47. The molecule has 1 amide bonds. The van der Waals surface area contributed by atoms with E-state index < -0.39 is 42.3 Å². The van der Waals surface area contributed by atoms with Crippen molar-refractivity contribution in [3.05, 3.63) is 65.1 Å². The monoisotopic (exact) mass is 489 g/mol. The maximum Gasteiger partial charge on any atom is 0.431 e. The van der Waals surface area contributed by atoms with E-state index in [1.165, 1.54) is 49.4 Å². The van der Waals surface area contributed by atoms with Gasteiger partial charge in [0.05, 0.1) is 10.7 Å². The van der Waals surface area contributed by atoms with Gasteiger partial charge >= 0.3 is 6.18 Å². The Hall–Kier alpha value is -3.02. The van der Waals surface area contributed by atoms with E-state index in [-0.39, 0.29) is 22.1 Å². The minimum absolute atomic E-state index is 0.0378. The van der Waals surface area contributed by atoms with Crippen LogP contribution in [0.1, 0.15) is 6.92 Å². The number of nitrogens with zero attached hydrogens (tertiary/aromatic N) is 2. The Bertz CT molecular complexity index is 1070. The fourth-order valence-corrected chi connectivity index (χ4v) is 3.32. The Kier molecular flexibility index (Phi) is 7.06. The molecular formula is C21H20ClF4N3O4. The van der Waals surface area contributed by atoms with Gasteiger partial charge in [-0.2, -0.15) is 13.2 Å². The molecule has 3 unspecified atom stereocenters. The van der Waals surface area contributed by atoms with Gasteiger partial charge in [-0.1, -0.05) is 23.7 Å². The molecule has 1 aliphatic rings. The van der Waals surface area contributed by atoms with Crippen molar-refractivity contribution < 1.29 is 37.3 Å². The molecule has 178 valence electrons. The summed E-state index contributed by atoms with van der Waals surface area (Å²) in [5.41, 5.74) is -1.10. The number of aliphatic hydroxyl groups is 2. The number of carbonyl (C=O) groups excluding carboxylic acids is 1. The van der Waals surface area contributed by atoms with Gasteiger partial charge in [-0.05, 0) is 43.3 Å². The number of allylic oxidation sites excluding steroid dienone is 1. The molecule has 0 aromatic heterocycles. The molecule has 0 bridgehead atoms. The van der Waals surface area contributed by atoms with Crippen molar-refractivity contribution in [1.29, 1.82) is 0 Å². The number of nitrogens with one attached hydrogen (secondary N) is 1. The number of ether oxygens (including phenoxy) is 1. The molecule has 1 heterocycles. The first-order valence-corrected chi connectivity index (χ1v) is 9.96. The van der Waals surface area contributed by atoms with Crippen LogP contribution in [-0.4, -0.2) is 52.9 Å². The molecule has 33 heavy (non-hydrogen) atoms. The number of benzene rings is 2. The van der Waals surface area contributed by atoms with Crippen LogP contribution in [0, 0.1) is 5.82 Å². The second-order valence-corrected chi connectivity index (χ2v) is 7.58. The fourth-order valence-electron chi connectivity index (χ4n) is 3.16. The number of alkyl halides is 3. The summed E-state index contributed by atoms with van der Waals surface area (Å²) in [7, 11) is 1.02. The third kappa shape index (κ3) is 5.32. The summed E-state index contributed by atoms with van der Waals surface area (Å²) in [4.78, 5) is 14.0. The minimum atomic E-state index is -4.78. The van der Waals surface area contributed by atoms with Gasteiger partial charge in [0, 0.05) is 12.7 Å². The molecule has 0 saturated carbocycles. The van der Waals surface area contributed by atoms with Crippen molar-refractivity contribution >= 4 is 28.9 Å². The van der Waals surface area contributed by atoms with Gasteiger partial charge < -0.3 is 25.2 Å². The molecule has 2 aromatic rings. The van der Waals surface area contributed by atoms with E-state index in [9.17, 15) is 32.6 Å². The Morgan fingerprint density at radius 1 is 1.21 bits per heavy atom. The number of halogens is 5. The van der Waals surface area contributed by atoms with E-state index in [2.05, 4.69) is 5.32 Å².